The van der Waals surface area contributed by atoms with Crippen LogP contribution in [0.5, 0.6) is 11.6 Å². The molecule has 6 nitrogen and oxygen atoms in total. The van der Waals surface area contributed by atoms with Crippen molar-refractivity contribution < 1.29 is 9.66 Å². The van der Waals surface area contributed by atoms with E-state index in [2.05, 4.69) is 4.98 Å². The lowest BCUT2D eigenvalue weighted by atomic mass is 10.2. The second-order valence-corrected chi connectivity index (χ2v) is 4.26. The summed E-state index contributed by atoms with van der Waals surface area (Å²) >= 11 is 5.83. The van der Waals surface area contributed by atoms with Gasteiger partial charge in [-0.3, -0.25) is 10.1 Å². The maximum atomic E-state index is 10.6. The van der Waals surface area contributed by atoms with E-state index in [1.807, 2.05) is 6.92 Å². The second kappa shape index (κ2) is 5.11. The lowest BCUT2D eigenvalue weighted by molar-refractivity contribution is -0.384. The number of nitrogens with zero attached hydrogens (tertiary/aromatic N) is 2. The SMILES string of the molecule is Cc1cc(Cl)ccc1Oc1ccc([N+](=O)[O-])c(N)n1. The maximum Gasteiger partial charge on any atom is 0.311 e. The zero-order valence-electron chi connectivity index (χ0n) is 9.96. The van der Waals surface area contributed by atoms with Crippen molar-refractivity contribution in [3.8, 4) is 11.6 Å². The topological polar surface area (TPSA) is 91.3 Å². The van der Waals surface area contributed by atoms with Gasteiger partial charge in [-0.1, -0.05) is 11.6 Å². The summed E-state index contributed by atoms with van der Waals surface area (Å²) in [5.41, 5.74) is 6.06. The van der Waals surface area contributed by atoms with Gasteiger partial charge in [0, 0.05) is 17.2 Å². The number of nitrogen functional groups attached to an aromatic ring is 1. The molecule has 2 rings (SSSR count). The van der Waals surface area contributed by atoms with Crippen molar-refractivity contribution in [1.29, 1.82) is 0 Å². The lowest BCUT2D eigenvalue weighted by Crippen LogP contribution is -2.00. The summed E-state index contributed by atoms with van der Waals surface area (Å²) < 4.78 is 5.51. The van der Waals surface area contributed by atoms with Gasteiger partial charge in [0.25, 0.3) is 0 Å². The van der Waals surface area contributed by atoms with Crippen molar-refractivity contribution in [3.05, 3.63) is 51.0 Å². The van der Waals surface area contributed by atoms with Gasteiger partial charge in [0.15, 0.2) is 0 Å². The number of halogens is 1. The van der Waals surface area contributed by atoms with Crippen molar-refractivity contribution in [2.24, 2.45) is 0 Å². The van der Waals surface area contributed by atoms with E-state index in [1.165, 1.54) is 12.1 Å². The number of rotatable bonds is 3. The molecular weight excluding hydrogens is 270 g/mol. The molecule has 1 aromatic heterocycles. The van der Waals surface area contributed by atoms with Gasteiger partial charge in [0.2, 0.25) is 11.7 Å². The summed E-state index contributed by atoms with van der Waals surface area (Å²) in [6.45, 7) is 1.83. The molecule has 7 heteroatoms. The molecule has 19 heavy (non-hydrogen) atoms. The Bertz CT molecular complexity index is 646. The molecule has 0 aliphatic carbocycles. The number of aryl methyl sites for hydroxylation is 1. The first kappa shape index (κ1) is 13.1. The van der Waals surface area contributed by atoms with Crippen molar-refractivity contribution in [1.82, 2.24) is 4.98 Å². The number of anilines is 1. The van der Waals surface area contributed by atoms with Crippen molar-refractivity contribution >= 4 is 23.1 Å². The quantitative estimate of drug-likeness (QED) is 0.687. The van der Waals surface area contributed by atoms with Gasteiger partial charge >= 0.3 is 5.69 Å². The van der Waals surface area contributed by atoms with Crippen molar-refractivity contribution in [2.75, 3.05) is 5.73 Å². The molecule has 2 N–H and O–H groups in total. The highest BCUT2D eigenvalue weighted by molar-refractivity contribution is 6.30. The molecule has 0 atom stereocenters. The van der Waals surface area contributed by atoms with Crippen LogP contribution in [0.2, 0.25) is 5.02 Å². The Balaban J connectivity index is 2.29. The fourth-order valence-electron chi connectivity index (χ4n) is 1.50. The predicted molar refractivity (Wildman–Crippen MR) is 71.6 cm³/mol. The summed E-state index contributed by atoms with van der Waals surface area (Å²) in [5.74, 6) is 0.563. The number of ether oxygens (including phenoxy) is 1. The molecule has 0 aliphatic heterocycles. The molecule has 2 aromatic rings. The normalized spacial score (nSPS) is 10.2. The van der Waals surface area contributed by atoms with Crippen LogP contribution in [-0.2, 0) is 0 Å². The number of hydrogen-bond donors (Lipinski definition) is 1. The molecule has 0 spiro atoms. The van der Waals surface area contributed by atoms with E-state index in [0.29, 0.717) is 10.8 Å². The summed E-state index contributed by atoms with van der Waals surface area (Å²) in [4.78, 5) is 13.8. The number of nitrogens with two attached hydrogens (primary N) is 1. The Kier molecular flexibility index (Phi) is 3.52. The molecule has 0 saturated carbocycles. The summed E-state index contributed by atoms with van der Waals surface area (Å²) in [5, 5.41) is 11.2. The standard InChI is InChI=1S/C12H10ClN3O3/c1-7-6-8(13)2-4-10(7)19-11-5-3-9(16(17)18)12(14)15-11/h2-6H,1H3,(H2,14,15). The number of pyridine rings is 1. The monoisotopic (exact) mass is 279 g/mol. The first-order valence-electron chi connectivity index (χ1n) is 5.32. The molecule has 0 unspecified atom stereocenters. The van der Waals surface area contributed by atoms with E-state index in [9.17, 15) is 10.1 Å². The molecule has 0 bridgehead atoms. The van der Waals surface area contributed by atoms with Crippen LogP contribution in [0.25, 0.3) is 0 Å². The number of aromatic nitrogens is 1. The van der Waals surface area contributed by atoms with Crippen LogP contribution in [0, 0.1) is 17.0 Å². The van der Waals surface area contributed by atoms with Crippen molar-refractivity contribution in [2.45, 2.75) is 6.92 Å². The van der Waals surface area contributed by atoms with Crippen LogP contribution in [-0.4, -0.2) is 9.91 Å². The Morgan fingerprint density at radius 2 is 2.11 bits per heavy atom. The number of benzene rings is 1. The first-order chi connectivity index (χ1) is 8.97. The molecule has 0 fully saturated rings. The molecule has 1 aromatic carbocycles. The van der Waals surface area contributed by atoms with E-state index in [0.717, 1.165) is 5.56 Å². The Morgan fingerprint density at radius 1 is 1.37 bits per heavy atom. The van der Waals surface area contributed by atoms with Crippen LogP contribution in [0.1, 0.15) is 5.56 Å². The molecule has 0 radical (unpaired) electrons. The van der Waals surface area contributed by atoms with E-state index in [-0.39, 0.29) is 17.4 Å². The third kappa shape index (κ3) is 2.92. The van der Waals surface area contributed by atoms with Gasteiger partial charge in [-0.2, -0.15) is 4.98 Å². The molecule has 98 valence electrons. The second-order valence-electron chi connectivity index (χ2n) is 3.82. The van der Waals surface area contributed by atoms with Crippen LogP contribution in [0.15, 0.2) is 30.3 Å². The Morgan fingerprint density at radius 3 is 2.68 bits per heavy atom. The minimum absolute atomic E-state index is 0.186. The summed E-state index contributed by atoms with van der Waals surface area (Å²) in [7, 11) is 0. The largest absolute Gasteiger partial charge is 0.439 e. The molecule has 0 saturated heterocycles. The van der Waals surface area contributed by atoms with Gasteiger partial charge in [0.05, 0.1) is 4.92 Å². The average Bonchev–Trinajstić information content (AvgIpc) is 2.32. The highest BCUT2D eigenvalue weighted by atomic mass is 35.5. The number of nitro groups is 1. The maximum absolute atomic E-state index is 10.6. The van der Waals surface area contributed by atoms with Gasteiger partial charge in [-0.15, -0.1) is 0 Å². The van der Waals surface area contributed by atoms with Gasteiger partial charge in [-0.05, 0) is 30.7 Å². The summed E-state index contributed by atoms with van der Waals surface area (Å²) in [6.07, 6.45) is 0. The molecule has 1 heterocycles. The molecule has 0 aliphatic rings. The fraction of sp³-hybridized carbons (Fsp3) is 0.0833. The number of hydrogen-bond acceptors (Lipinski definition) is 5. The highest BCUT2D eigenvalue weighted by Gasteiger charge is 2.14. The zero-order chi connectivity index (χ0) is 14.0. The van der Waals surface area contributed by atoms with E-state index in [4.69, 9.17) is 22.1 Å². The van der Waals surface area contributed by atoms with Gasteiger partial charge in [-0.25, -0.2) is 0 Å². The molecule has 0 amide bonds. The smallest absolute Gasteiger partial charge is 0.311 e. The Labute approximate surface area is 113 Å². The first-order valence-corrected chi connectivity index (χ1v) is 5.70. The van der Waals surface area contributed by atoms with Gasteiger partial charge in [0.1, 0.15) is 5.75 Å². The third-order valence-corrected chi connectivity index (χ3v) is 2.66. The predicted octanol–water partition coefficient (Wildman–Crippen LogP) is 3.33. The molecular formula is C12H10ClN3O3. The van der Waals surface area contributed by atoms with E-state index < -0.39 is 4.92 Å². The lowest BCUT2D eigenvalue weighted by Gasteiger charge is -2.08. The fourth-order valence-corrected chi connectivity index (χ4v) is 1.73. The van der Waals surface area contributed by atoms with Crippen LogP contribution in [0.4, 0.5) is 11.5 Å². The van der Waals surface area contributed by atoms with Crippen LogP contribution in [0.3, 0.4) is 0 Å². The minimum atomic E-state index is -0.598. The Hall–Kier alpha value is -2.34. The van der Waals surface area contributed by atoms with Crippen LogP contribution >= 0.6 is 11.6 Å². The third-order valence-electron chi connectivity index (χ3n) is 2.43. The summed E-state index contributed by atoms with van der Waals surface area (Å²) in [6, 6.07) is 7.76. The van der Waals surface area contributed by atoms with Crippen molar-refractivity contribution in [3.63, 3.8) is 0 Å². The average molecular weight is 280 g/mol. The zero-order valence-corrected chi connectivity index (χ0v) is 10.7. The highest BCUT2D eigenvalue weighted by Crippen LogP contribution is 2.28. The van der Waals surface area contributed by atoms with E-state index in [1.54, 1.807) is 18.2 Å². The minimum Gasteiger partial charge on any atom is -0.439 e. The van der Waals surface area contributed by atoms with Crippen LogP contribution < -0.4 is 10.5 Å². The van der Waals surface area contributed by atoms with E-state index >= 15 is 0 Å². The van der Waals surface area contributed by atoms with Gasteiger partial charge < -0.3 is 10.5 Å².